The second kappa shape index (κ2) is 10.2. The van der Waals surface area contributed by atoms with Crippen molar-refractivity contribution in [3.63, 3.8) is 0 Å². The quantitative estimate of drug-likeness (QED) is 0.162. The highest BCUT2D eigenvalue weighted by atomic mass is 79.9. The number of carbonyl (C=O) groups excluding carboxylic acids is 1. The lowest BCUT2D eigenvalue weighted by atomic mass is 9.34. The van der Waals surface area contributed by atoms with Crippen molar-refractivity contribution in [1.29, 1.82) is 5.26 Å². The molecule has 4 aliphatic carbocycles. The molecule has 0 aliphatic heterocycles. The van der Waals surface area contributed by atoms with E-state index in [1.807, 2.05) is 0 Å². The van der Waals surface area contributed by atoms with Crippen LogP contribution in [0.5, 0.6) is 0 Å². The van der Waals surface area contributed by atoms with E-state index in [-0.39, 0.29) is 27.6 Å². The lowest BCUT2D eigenvalue weighted by molar-refractivity contribution is -0.219. The van der Waals surface area contributed by atoms with Crippen molar-refractivity contribution < 1.29 is 9.53 Å². The Labute approximate surface area is 236 Å². The number of allylic oxidation sites excluding steroid dienone is 2. The summed E-state index contributed by atoms with van der Waals surface area (Å²) in [5.74, 6) is 2.20. The predicted molar refractivity (Wildman–Crippen MR) is 154 cm³/mol. The van der Waals surface area contributed by atoms with Gasteiger partial charge in [0.2, 0.25) is 0 Å². The molecular weight excluding hydrogens is 578 g/mol. The number of ether oxygens (including phenoxy) is 1. The van der Waals surface area contributed by atoms with Gasteiger partial charge in [-0.25, -0.2) is 0 Å². The summed E-state index contributed by atoms with van der Waals surface area (Å²) in [6.45, 7) is 16.6. The minimum absolute atomic E-state index is 0.0166. The maximum absolute atomic E-state index is 13.4. The van der Waals surface area contributed by atoms with E-state index in [9.17, 15) is 10.1 Å². The number of halogens is 2. The van der Waals surface area contributed by atoms with Crippen LogP contribution >= 0.6 is 31.9 Å². The summed E-state index contributed by atoms with van der Waals surface area (Å²) in [5.41, 5.74) is 2.59. The van der Waals surface area contributed by atoms with Crippen molar-refractivity contribution >= 4 is 37.8 Å². The van der Waals surface area contributed by atoms with E-state index >= 15 is 0 Å². The zero-order valence-electron chi connectivity index (χ0n) is 22.8. The van der Waals surface area contributed by atoms with Crippen molar-refractivity contribution in [3.05, 3.63) is 24.3 Å². The molecule has 0 aromatic heterocycles. The maximum atomic E-state index is 13.4. The summed E-state index contributed by atoms with van der Waals surface area (Å²) in [4.78, 5) is 13.4. The van der Waals surface area contributed by atoms with E-state index in [1.54, 1.807) is 7.11 Å². The number of esters is 1. The van der Waals surface area contributed by atoms with Gasteiger partial charge >= 0.3 is 5.97 Å². The van der Waals surface area contributed by atoms with E-state index in [0.717, 1.165) is 55.6 Å². The fraction of sp³-hybridized carbons (Fsp3) is 0.806. The molecule has 3 nitrogen and oxygen atoms in total. The van der Waals surface area contributed by atoms with Crippen molar-refractivity contribution in [3.8, 4) is 6.07 Å². The summed E-state index contributed by atoms with van der Waals surface area (Å²) in [6.07, 6.45) is 10.2. The largest absolute Gasteiger partial charge is 0.469 e. The lowest BCUT2D eigenvalue weighted by Crippen LogP contribution is -2.64. The highest BCUT2D eigenvalue weighted by Crippen LogP contribution is 2.76. The monoisotopic (exact) mass is 621 g/mol. The number of alkyl halides is 2. The Balaban J connectivity index is 1.79. The molecule has 0 bridgehead atoms. The summed E-state index contributed by atoms with van der Waals surface area (Å²) >= 11 is 7.39. The van der Waals surface area contributed by atoms with Gasteiger partial charge in [-0.15, -0.1) is 0 Å². The Morgan fingerprint density at radius 2 is 1.67 bits per heavy atom. The van der Waals surface area contributed by atoms with E-state index in [4.69, 9.17) is 4.74 Å². The number of nitrogens with zero attached hydrogens (tertiary/aromatic N) is 1. The Kier molecular flexibility index (Phi) is 8.03. The van der Waals surface area contributed by atoms with Gasteiger partial charge in [0.15, 0.2) is 0 Å². The summed E-state index contributed by atoms with van der Waals surface area (Å²) in [7, 11) is 1.57. The first kappa shape index (κ1) is 28.4. The van der Waals surface area contributed by atoms with E-state index in [1.165, 1.54) is 24.0 Å². The molecule has 4 rings (SSSR count). The third-order valence-corrected chi connectivity index (χ3v) is 13.9. The van der Waals surface area contributed by atoms with Crippen molar-refractivity contribution in [2.45, 2.75) is 85.0 Å². The number of nitriles is 1. The molecule has 4 aliphatic rings. The van der Waals surface area contributed by atoms with Crippen LogP contribution in [0, 0.1) is 62.6 Å². The second-order valence-electron chi connectivity index (χ2n) is 13.2. The molecule has 9 atom stereocenters. The topological polar surface area (TPSA) is 50.1 Å². The van der Waals surface area contributed by atoms with Gasteiger partial charge in [-0.3, -0.25) is 4.79 Å². The van der Waals surface area contributed by atoms with Crippen LogP contribution in [0.4, 0.5) is 0 Å². The molecule has 0 spiro atoms. The summed E-state index contributed by atoms with van der Waals surface area (Å²) < 4.78 is 5.51. The van der Waals surface area contributed by atoms with Gasteiger partial charge in [0.1, 0.15) is 0 Å². The molecule has 0 aromatic carbocycles. The van der Waals surface area contributed by atoms with Gasteiger partial charge in [0.05, 0.1) is 18.6 Å². The van der Waals surface area contributed by atoms with Gasteiger partial charge in [-0.05, 0) is 104 Å². The van der Waals surface area contributed by atoms with Crippen LogP contribution in [0.3, 0.4) is 0 Å². The van der Waals surface area contributed by atoms with Crippen LogP contribution in [0.15, 0.2) is 24.3 Å². The highest BCUT2D eigenvalue weighted by Gasteiger charge is 2.70. The van der Waals surface area contributed by atoms with Crippen LogP contribution in [0.2, 0.25) is 0 Å². The zero-order valence-corrected chi connectivity index (χ0v) is 26.0. The summed E-state index contributed by atoms with van der Waals surface area (Å²) in [5, 5.41) is 11.2. The SMILES string of the molecule is C=C(CBr)[C@@H]1CC[C@]2(C(=O)OC)CC[C@]3(C)[C@H](CC[C@@H]4[C@@](C)(CCC#N)[C@H](C(=C)CBr)CC[C@]43C)[C@@H]12. The van der Waals surface area contributed by atoms with Crippen LogP contribution in [0.25, 0.3) is 0 Å². The third-order valence-electron chi connectivity index (χ3n) is 12.4. The van der Waals surface area contributed by atoms with Crippen molar-refractivity contribution in [2.24, 2.45) is 51.2 Å². The number of methoxy groups -OCH3 is 1. The van der Waals surface area contributed by atoms with Gasteiger partial charge in [0.25, 0.3) is 0 Å². The number of carbonyl (C=O) groups is 1. The van der Waals surface area contributed by atoms with Crippen LogP contribution < -0.4 is 0 Å². The molecule has 4 fully saturated rings. The van der Waals surface area contributed by atoms with Gasteiger partial charge in [0, 0.05) is 17.1 Å². The normalized spacial score (nSPS) is 45.5. The van der Waals surface area contributed by atoms with Gasteiger partial charge in [-0.2, -0.15) is 5.26 Å². The number of fused-ring (bicyclic) bond motifs is 5. The Hall–Kier alpha value is -0.600. The molecule has 36 heavy (non-hydrogen) atoms. The number of rotatable bonds is 7. The average molecular weight is 624 g/mol. The van der Waals surface area contributed by atoms with E-state index < -0.39 is 0 Å². The van der Waals surface area contributed by atoms with Gasteiger partial charge < -0.3 is 4.74 Å². The molecule has 0 unspecified atom stereocenters. The van der Waals surface area contributed by atoms with Gasteiger partial charge in [-0.1, -0.05) is 76.9 Å². The Morgan fingerprint density at radius 3 is 2.28 bits per heavy atom. The first-order valence-electron chi connectivity index (χ1n) is 13.9. The fourth-order valence-electron chi connectivity index (χ4n) is 10.5. The Morgan fingerprint density at radius 1 is 0.972 bits per heavy atom. The highest BCUT2D eigenvalue weighted by molar-refractivity contribution is 9.09. The molecule has 5 heteroatoms. The number of hydrogen-bond donors (Lipinski definition) is 0. The molecule has 4 saturated carbocycles. The minimum Gasteiger partial charge on any atom is -0.469 e. The molecule has 0 N–H and O–H groups in total. The van der Waals surface area contributed by atoms with Crippen LogP contribution in [-0.2, 0) is 9.53 Å². The van der Waals surface area contributed by atoms with E-state index in [2.05, 4.69) is 71.9 Å². The van der Waals surface area contributed by atoms with Crippen molar-refractivity contribution in [2.75, 3.05) is 17.8 Å². The standard InChI is InChI=1S/C31H45Br2NO2/c1-20(18-32)22-10-14-31(27(35)36-6)16-15-29(4)24(26(22)31)8-9-25-28(3,12-7-17-34)23(21(2)19-33)11-13-30(25,29)5/h22-26H,1-2,7-16,18-19H2,3-6H3/t22-,23-,24+,25+,26+,28-,29+,30+,31-/m0/s1. The number of hydrogen-bond acceptors (Lipinski definition) is 3. The molecule has 0 radical (unpaired) electrons. The fourth-order valence-corrected chi connectivity index (χ4v) is 11.3. The third kappa shape index (κ3) is 3.85. The maximum Gasteiger partial charge on any atom is 0.312 e. The van der Waals surface area contributed by atoms with Crippen LogP contribution in [-0.4, -0.2) is 23.7 Å². The second-order valence-corrected chi connectivity index (χ2v) is 14.4. The van der Waals surface area contributed by atoms with E-state index in [0.29, 0.717) is 36.0 Å². The Bertz CT molecular complexity index is 957. The molecule has 200 valence electrons. The molecule has 0 heterocycles. The van der Waals surface area contributed by atoms with Crippen molar-refractivity contribution in [1.82, 2.24) is 0 Å². The molecule has 0 amide bonds. The minimum atomic E-state index is -0.358. The zero-order chi connectivity index (χ0) is 26.5. The summed E-state index contributed by atoms with van der Waals surface area (Å²) in [6, 6.07) is 2.46. The lowest BCUT2D eigenvalue weighted by Gasteiger charge is -2.70. The smallest absolute Gasteiger partial charge is 0.312 e. The predicted octanol–water partition coefficient (Wildman–Crippen LogP) is 8.63. The van der Waals surface area contributed by atoms with Crippen LogP contribution in [0.1, 0.15) is 85.0 Å². The average Bonchev–Trinajstić information content (AvgIpc) is 3.27. The molecular formula is C31H45Br2NO2. The first-order chi connectivity index (χ1) is 17.0. The molecule has 0 aromatic rings. The first-order valence-corrected chi connectivity index (χ1v) is 16.2. The molecule has 0 saturated heterocycles.